The molecule has 1 aromatic heterocycles. The Labute approximate surface area is 110 Å². The van der Waals surface area contributed by atoms with Gasteiger partial charge < -0.3 is 4.98 Å². The van der Waals surface area contributed by atoms with Gasteiger partial charge in [0.2, 0.25) is 15.5 Å². The van der Waals surface area contributed by atoms with E-state index in [1.165, 1.54) is 18.5 Å². The Morgan fingerprint density at radius 1 is 1.44 bits per heavy atom. The van der Waals surface area contributed by atoms with Crippen molar-refractivity contribution in [1.82, 2.24) is 9.71 Å². The van der Waals surface area contributed by atoms with Crippen molar-refractivity contribution in [3.8, 4) is 0 Å². The molecule has 2 unspecified atom stereocenters. The molecule has 0 spiro atoms. The molecule has 100 valence electrons. The Kier molecular flexibility index (Phi) is 4.14. The Hall–Kier alpha value is -0.790. The molecule has 0 aromatic carbocycles. The van der Waals surface area contributed by atoms with Crippen LogP contribution in [0, 0.1) is 0 Å². The Balaban J connectivity index is 2.14. The summed E-state index contributed by atoms with van der Waals surface area (Å²) in [6.45, 7) is 0. The molecule has 2 N–H and O–H groups in total. The van der Waals surface area contributed by atoms with Gasteiger partial charge in [0.1, 0.15) is 4.90 Å². The Bertz CT molecular complexity index is 568. The lowest BCUT2D eigenvalue weighted by atomic mass is 10.3. The largest absolute Gasteiger partial charge is 0.366 e. The van der Waals surface area contributed by atoms with Crippen LogP contribution in [0.3, 0.4) is 0 Å². The third kappa shape index (κ3) is 2.96. The lowest BCUT2D eigenvalue weighted by molar-refractivity contribution is 0.551. The molecule has 1 aliphatic carbocycles. The molecule has 0 amide bonds. The second-order valence-corrected chi connectivity index (χ2v) is 7.18. The molecule has 0 bridgehead atoms. The van der Waals surface area contributed by atoms with Gasteiger partial charge in [-0.05, 0) is 25.5 Å². The minimum atomic E-state index is -3.71. The summed E-state index contributed by atoms with van der Waals surface area (Å²) < 4.78 is 26.7. The predicted molar refractivity (Wildman–Crippen MR) is 72.3 cm³/mol. The first-order valence-electron chi connectivity index (χ1n) is 5.75. The second kappa shape index (κ2) is 5.46. The molecule has 1 aliphatic rings. The fourth-order valence-electron chi connectivity index (χ4n) is 2.15. The summed E-state index contributed by atoms with van der Waals surface area (Å²) in [6, 6.07) is 1.15. The summed E-state index contributed by atoms with van der Waals surface area (Å²) in [5, 5.41) is 0.506. The van der Waals surface area contributed by atoms with E-state index < -0.39 is 15.5 Å². The second-order valence-electron chi connectivity index (χ2n) is 4.36. The van der Waals surface area contributed by atoms with Gasteiger partial charge in [0.15, 0.2) is 0 Å². The van der Waals surface area contributed by atoms with Crippen LogP contribution in [0.15, 0.2) is 28.2 Å². The average molecular weight is 288 g/mol. The van der Waals surface area contributed by atoms with E-state index in [1.807, 2.05) is 6.26 Å². The van der Waals surface area contributed by atoms with E-state index in [0.29, 0.717) is 5.25 Å². The zero-order chi connectivity index (χ0) is 13.2. The van der Waals surface area contributed by atoms with Gasteiger partial charge in [-0.2, -0.15) is 11.8 Å². The zero-order valence-corrected chi connectivity index (χ0v) is 11.7. The lowest BCUT2D eigenvalue weighted by Crippen LogP contribution is -2.35. The van der Waals surface area contributed by atoms with E-state index in [4.69, 9.17) is 0 Å². The molecular weight excluding hydrogens is 272 g/mol. The number of aromatic amines is 1. The standard InChI is InChI=1S/C11H16N2O3S2/c1-17-9-3-2-8(6-9)13-18(15,16)11-7-12-5-4-10(11)14/h4-5,7-9,13H,2-3,6H2,1H3,(H,12,14). The van der Waals surface area contributed by atoms with E-state index in [0.717, 1.165) is 19.3 Å². The first kappa shape index (κ1) is 13.6. The molecule has 5 nitrogen and oxygen atoms in total. The maximum absolute atomic E-state index is 12.1. The smallest absolute Gasteiger partial charge is 0.246 e. The van der Waals surface area contributed by atoms with Gasteiger partial charge in [0.05, 0.1) is 0 Å². The monoisotopic (exact) mass is 288 g/mol. The van der Waals surface area contributed by atoms with Gasteiger partial charge in [-0.25, -0.2) is 13.1 Å². The van der Waals surface area contributed by atoms with Crippen molar-refractivity contribution >= 4 is 21.8 Å². The molecule has 2 atom stereocenters. The normalized spacial score (nSPS) is 24.3. The number of rotatable bonds is 4. The van der Waals surface area contributed by atoms with E-state index in [-0.39, 0.29) is 10.9 Å². The maximum Gasteiger partial charge on any atom is 0.246 e. The molecule has 0 saturated heterocycles. The van der Waals surface area contributed by atoms with Gasteiger partial charge in [-0.3, -0.25) is 4.79 Å². The summed E-state index contributed by atoms with van der Waals surface area (Å²) in [4.78, 5) is 13.9. The van der Waals surface area contributed by atoms with Crippen LogP contribution < -0.4 is 10.2 Å². The molecule has 2 rings (SSSR count). The SMILES string of the molecule is CSC1CCC(NS(=O)(=O)c2c[nH]ccc2=O)C1. The van der Waals surface area contributed by atoms with E-state index >= 15 is 0 Å². The molecule has 7 heteroatoms. The third-order valence-corrected chi connectivity index (χ3v) is 5.75. The fraction of sp³-hybridized carbons (Fsp3) is 0.545. The maximum atomic E-state index is 12.1. The van der Waals surface area contributed by atoms with Crippen molar-refractivity contribution in [3.63, 3.8) is 0 Å². The van der Waals surface area contributed by atoms with Crippen molar-refractivity contribution in [3.05, 3.63) is 28.7 Å². The predicted octanol–water partition coefficient (Wildman–Crippen LogP) is 0.937. The number of pyridine rings is 1. The zero-order valence-electron chi connectivity index (χ0n) is 10.0. The average Bonchev–Trinajstić information content (AvgIpc) is 2.76. The fourth-order valence-corrected chi connectivity index (χ4v) is 4.29. The summed E-state index contributed by atoms with van der Waals surface area (Å²) in [5.74, 6) is 0. The van der Waals surface area contributed by atoms with Crippen LogP contribution in [-0.4, -0.2) is 30.9 Å². The summed E-state index contributed by atoms with van der Waals surface area (Å²) in [6.07, 6.45) is 7.34. The molecule has 1 aromatic rings. The van der Waals surface area contributed by atoms with E-state index in [9.17, 15) is 13.2 Å². The van der Waals surface area contributed by atoms with E-state index in [1.54, 1.807) is 11.8 Å². The molecule has 18 heavy (non-hydrogen) atoms. The number of hydrogen-bond acceptors (Lipinski definition) is 4. The van der Waals surface area contributed by atoms with Gasteiger partial charge in [0, 0.05) is 29.8 Å². The third-order valence-electron chi connectivity index (χ3n) is 3.12. The molecule has 1 fully saturated rings. The van der Waals surface area contributed by atoms with Gasteiger partial charge in [0.25, 0.3) is 0 Å². The quantitative estimate of drug-likeness (QED) is 0.864. The van der Waals surface area contributed by atoms with Crippen LogP contribution >= 0.6 is 11.8 Å². The number of hydrogen-bond donors (Lipinski definition) is 2. The molecule has 0 aliphatic heterocycles. The van der Waals surface area contributed by atoms with Gasteiger partial charge in [-0.1, -0.05) is 0 Å². The van der Waals surface area contributed by atoms with Crippen LogP contribution in [0.4, 0.5) is 0 Å². The number of H-pyrrole nitrogens is 1. The number of aromatic nitrogens is 1. The lowest BCUT2D eigenvalue weighted by Gasteiger charge is -2.12. The Morgan fingerprint density at radius 3 is 2.83 bits per heavy atom. The highest BCUT2D eigenvalue weighted by Crippen LogP contribution is 2.28. The van der Waals surface area contributed by atoms with Gasteiger partial charge in [-0.15, -0.1) is 0 Å². The highest BCUT2D eigenvalue weighted by Gasteiger charge is 2.29. The van der Waals surface area contributed by atoms with E-state index in [2.05, 4.69) is 9.71 Å². The summed E-state index contributed by atoms with van der Waals surface area (Å²) in [7, 11) is -3.71. The van der Waals surface area contributed by atoms with Crippen LogP contribution in [0.25, 0.3) is 0 Å². The first-order chi connectivity index (χ1) is 8.53. The van der Waals surface area contributed by atoms with Crippen molar-refractivity contribution in [2.45, 2.75) is 35.4 Å². The highest BCUT2D eigenvalue weighted by atomic mass is 32.2. The van der Waals surface area contributed by atoms with Gasteiger partial charge >= 0.3 is 0 Å². The van der Waals surface area contributed by atoms with Crippen LogP contribution in [0.5, 0.6) is 0 Å². The van der Waals surface area contributed by atoms with Crippen molar-refractivity contribution in [1.29, 1.82) is 0 Å². The molecule has 1 heterocycles. The highest BCUT2D eigenvalue weighted by molar-refractivity contribution is 7.99. The molecule has 0 radical (unpaired) electrons. The number of sulfonamides is 1. The van der Waals surface area contributed by atoms with Crippen LogP contribution in [-0.2, 0) is 10.0 Å². The molecular formula is C11H16N2O3S2. The van der Waals surface area contributed by atoms with Crippen LogP contribution in [0.2, 0.25) is 0 Å². The minimum absolute atomic E-state index is 0.0629. The number of nitrogens with one attached hydrogen (secondary N) is 2. The summed E-state index contributed by atoms with van der Waals surface area (Å²) >= 11 is 1.76. The molecule has 1 saturated carbocycles. The van der Waals surface area contributed by atoms with Crippen molar-refractivity contribution < 1.29 is 8.42 Å². The topological polar surface area (TPSA) is 79.0 Å². The van der Waals surface area contributed by atoms with Crippen molar-refractivity contribution in [2.24, 2.45) is 0 Å². The minimum Gasteiger partial charge on any atom is -0.366 e. The van der Waals surface area contributed by atoms with Crippen molar-refractivity contribution in [2.75, 3.05) is 6.26 Å². The first-order valence-corrected chi connectivity index (χ1v) is 8.52. The van der Waals surface area contributed by atoms with Crippen LogP contribution in [0.1, 0.15) is 19.3 Å². The Morgan fingerprint density at radius 2 is 2.22 bits per heavy atom. The summed E-state index contributed by atoms with van der Waals surface area (Å²) in [5.41, 5.74) is -0.485. The number of thioether (sulfide) groups is 1.